The van der Waals surface area contributed by atoms with Crippen LogP contribution in [0.25, 0.3) is 11.1 Å². The second-order valence-electron chi connectivity index (χ2n) is 3.60. The van der Waals surface area contributed by atoms with E-state index in [1.165, 1.54) is 16.7 Å². The lowest BCUT2D eigenvalue weighted by Crippen LogP contribution is -2.14. The number of hydrogen-bond donors (Lipinski definition) is 1. The van der Waals surface area contributed by atoms with Crippen molar-refractivity contribution in [3.05, 3.63) is 52.7 Å². The van der Waals surface area contributed by atoms with Crippen LogP contribution in [0, 0.1) is 5.82 Å². The van der Waals surface area contributed by atoms with Gasteiger partial charge >= 0.3 is 0 Å². The highest BCUT2D eigenvalue weighted by atomic mass is 19.1. The molecule has 1 heterocycles. The minimum absolute atomic E-state index is 0.172. The molecule has 0 spiro atoms. The van der Waals surface area contributed by atoms with Crippen molar-refractivity contribution in [2.45, 2.75) is 0 Å². The topological polar surface area (TPSA) is 48.0 Å². The smallest absolute Gasteiger partial charge is 0.250 e. The van der Waals surface area contributed by atoms with Crippen LogP contribution >= 0.6 is 0 Å². The molecule has 0 amide bonds. The highest BCUT2D eigenvalue weighted by molar-refractivity contribution is 5.65. The van der Waals surface area contributed by atoms with Gasteiger partial charge < -0.3 is 10.3 Å². The fourth-order valence-corrected chi connectivity index (χ4v) is 1.48. The molecule has 0 aliphatic rings. The number of nitrogens with zero attached hydrogens (tertiary/aromatic N) is 1. The Morgan fingerprint density at radius 1 is 1.25 bits per heavy atom. The first-order valence-corrected chi connectivity index (χ1v) is 4.80. The number of anilines is 1. The summed E-state index contributed by atoms with van der Waals surface area (Å²) in [6.45, 7) is 0. The highest BCUT2D eigenvalue weighted by Gasteiger charge is 2.06. The predicted octanol–water partition coefficient (Wildman–Crippen LogP) is 1.77. The van der Waals surface area contributed by atoms with Gasteiger partial charge in [0.05, 0.1) is 0 Å². The molecule has 16 heavy (non-hydrogen) atoms. The van der Waals surface area contributed by atoms with E-state index in [4.69, 9.17) is 5.73 Å². The van der Waals surface area contributed by atoms with Crippen molar-refractivity contribution < 1.29 is 4.39 Å². The van der Waals surface area contributed by atoms with Crippen molar-refractivity contribution in [1.82, 2.24) is 4.57 Å². The van der Waals surface area contributed by atoms with Crippen LogP contribution in [-0.2, 0) is 7.05 Å². The summed E-state index contributed by atoms with van der Waals surface area (Å²) in [7, 11) is 1.64. The van der Waals surface area contributed by atoms with Gasteiger partial charge in [-0.05, 0) is 29.8 Å². The van der Waals surface area contributed by atoms with Gasteiger partial charge in [-0.2, -0.15) is 0 Å². The molecular formula is C12H11FN2O. The first kappa shape index (κ1) is 10.4. The van der Waals surface area contributed by atoms with Gasteiger partial charge in [0.1, 0.15) is 5.82 Å². The summed E-state index contributed by atoms with van der Waals surface area (Å²) in [6.07, 6.45) is 1.60. The van der Waals surface area contributed by atoms with Crippen LogP contribution in [0.15, 0.2) is 41.3 Å². The van der Waals surface area contributed by atoms with Gasteiger partial charge in [0.2, 0.25) is 0 Å². The summed E-state index contributed by atoms with van der Waals surface area (Å²) < 4.78 is 15.0. The van der Waals surface area contributed by atoms with E-state index in [1.54, 1.807) is 31.4 Å². The van der Waals surface area contributed by atoms with Crippen LogP contribution < -0.4 is 11.3 Å². The number of rotatable bonds is 1. The second-order valence-corrected chi connectivity index (χ2v) is 3.60. The van der Waals surface area contributed by atoms with Crippen LogP contribution in [-0.4, -0.2) is 4.57 Å². The summed E-state index contributed by atoms with van der Waals surface area (Å²) >= 11 is 0. The number of hydrogen-bond acceptors (Lipinski definition) is 2. The first-order valence-electron chi connectivity index (χ1n) is 4.80. The van der Waals surface area contributed by atoms with Gasteiger partial charge in [-0.25, -0.2) is 4.39 Å². The van der Waals surface area contributed by atoms with E-state index in [9.17, 15) is 9.18 Å². The van der Waals surface area contributed by atoms with Gasteiger partial charge in [-0.15, -0.1) is 0 Å². The third kappa shape index (κ3) is 1.82. The standard InChI is InChI=1S/C12H11FN2O/c1-15-5-4-8(6-12(15)16)10-3-2-9(14)7-11(10)13/h2-7H,14H2,1H3. The fourth-order valence-electron chi connectivity index (χ4n) is 1.48. The molecule has 0 saturated heterocycles. The van der Waals surface area contributed by atoms with Crippen LogP contribution in [0.2, 0.25) is 0 Å². The Balaban J connectivity index is 2.59. The Labute approximate surface area is 92.0 Å². The van der Waals surface area contributed by atoms with E-state index in [0.717, 1.165) is 0 Å². The van der Waals surface area contributed by atoms with Crippen molar-refractivity contribution in [3.8, 4) is 11.1 Å². The molecule has 0 bridgehead atoms. The number of halogens is 1. The maximum Gasteiger partial charge on any atom is 0.250 e. The second kappa shape index (κ2) is 3.81. The van der Waals surface area contributed by atoms with Gasteiger partial charge in [-0.3, -0.25) is 4.79 Å². The molecule has 0 saturated carbocycles. The van der Waals surface area contributed by atoms with Crippen LogP contribution in [0.4, 0.5) is 10.1 Å². The Morgan fingerprint density at radius 2 is 2.00 bits per heavy atom. The number of aromatic nitrogens is 1. The van der Waals surface area contributed by atoms with Crippen molar-refractivity contribution in [2.75, 3.05) is 5.73 Å². The molecule has 2 aromatic rings. The molecule has 0 atom stereocenters. The Hall–Kier alpha value is -2.10. The molecular weight excluding hydrogens is 207 g/mol. The number of pyridine rings is 1. The van der Waals surface area contributed by atoms with E-state index in [1.807, 2.05) is 0 Å². The molecule has 0 fully saturated rings. The first-order chi connectivity index (χ1) is 7.58. The minimum atomic E-state index is -0.423. The van der Waals surface area contributed by atoms with Gasteiger partial charge in [-0.1, -0.05) is 0 Å². The summed E-state index contributed by atoms with van der Waals surface area (Å²) in [6, 6.07) is 7.51. The molecule has 0 unspecified atom stereocenters. The predicted molar refractivity (Wildman–Crippen MR) is 61.5 cm³/mol. The summed E-state index contributed by atoms with van der Waals surface area (Å²) in [5.41, 5.74) is 6.58. The van der Waals surface area contributed by atoms with Crippen molar-refractivity contribution >= 4 is 5.69 Å². The van der Waals surface area contributed by atoms with Crippen molar-refractivity contribution in [3.63, 3.8) is 0 Å². The maximum absolute atomic E-state index is 13.6. The normalized spacial score (nSPS) is 10.4. The number of aryl methyl sites for hydroxylation is 1. The summed E-state index contributed by atoms with van der Waals surface area (Å²) in [5, 5.41) is 0. The Bertz CT molecular complexity index is 590. The maximum atomic E-state index is 13.6. The average Bonchev–Trinajstić information content (AvgIpc) is 2.22. The SMILES string of the molecule is Cn1ccc(-c2ccc(N)cc2F)cc1=O. The molecule has 82 valence electrons. The largest absolute Gasteiger partial charge is 0.399 e. The number of nitrogen functional groups attached to an aromatic ring is 1. The van der Waals surface area contributed by atoms with E-state index in [2.05, 4.69) is 0 Å². The Kier molecular flexibility index (Phi) is 2.48. The highest BCUT2D eigenvalue weighted by Crippen LogP contribution is 2.22. The quantitative estimate of drug-likeness (QED) is 0.741. The molecule has 0 radical (unpaired) electrons. The molecule has 4 heteroatoms. The lowest BCUT2D eigenvalue weighted by Gasteiger charge is -2.05. The van der Waals surface area contributed by atoms with Gasteiger partial charge in [0.15, 0.2) is 0 Å². The average molecular weight is 218 g/mol. The zero-order chi connectivity index (χ0) is 11.7. The Morgan fingerprint density at radius 3 is 2.62 bits per heavy atom. The van der Waals surface area contributed by atoms with E-state index in [-0.39, 0.29) is 5.56 Å². The number of benzene rings is 1. The molecule has 0 aliphatic heterocycles. The van der Waals surface area contributed by atoms with Crippen LogP contribution in [0.1, 0.15) is 0 Å². The lowest BCUT2D eigenvalue weighted by atomic mass is 10.1. The number of nitrogens with two attached hydrogens (primary N) is 1. The van der Waals surface area contributed by atoms with E-state index in [0.29, 0.717) is 16.8 Å². The fraction of sp³-hybridized carbons (Fsp3) is 0.0833. The molecule has 2 N–H and O–H groups in total. The monoisotopic (exact) mass is 218 g/mol. The van der Waals surface area contributed by atoms with Crippen LogP contribution in [0.5, 0.6) is 0 Å². The third-order valence-electron chi connectivity index (χ3n) is 2.41. The van der Waals surface area contributed by atoms with Crippen molar-refractivity contribution in [2.24, 2.45) is 7.05 Å². The molecule has 1 aromatic carbocycles. The zero-order valence-corrected chi connectivity index (χ0v) is 8.77. The molecule has 2 rings (SSSR count). The lowest BCUT2D eigenvalue weighted by molar-refractivity contribution is 0.632. The summed E-state index contributed by atoms with van der Waals surface area (Å²) in [5.74, 6) is -0.423. The zero-order valence-electron chi connectivity index (χ0n) is 8.77. The van der Waals surface area contributed by atoms with Gasteiger partial charge in [0, 0.05) is 30.6 Å². The third-order valence-corrected chi connectivity index (χ3v) is 2.41. The van der Waals surface area contributed by atoms with Gasteiger partial charge in [0.25, 0.3) is 5.56 Å². The van der Waals surface area contributed by atoms with Crippen molar-refractivity contribution in [1.29, 1.82) is 0 Å². The minimum Gasteiger partial charge on any atom is -0.399 e. The molecule has 1 aromatic heterocycles. The van der Waals surface area contributed by atoms with Crippen LogP contribution in [0.3, 0.4) is 0 Å². The van der Waals surface area contributed by atoms with E-state index >= 15 is 0 Å². The molecule has 0 aliphatic carbocycles. The summed E-state index contributed by atoms with van der Waals surface area (Å²) in [4.78, 5) is 11.4. The molecule has 3 nitrogen and oxygen atoms in total. The van der Waals surface area contributed by atoms with E-state index < -0.39 is 5.82 Å².